The summed E-state index contributed by atoms with van der Waals surface area (Å²) in [5.41, 5.74) is 6.27. The molecule has 1 aromatic carbocycles. The Balaban J connectivity index is 1.54. The molecule has 21 heavy (non-hydrogen) atoms. The van der Waals surface area contributed by atoms with Gasteiger partial charge in [0.05, 0.1) is 19.4 Å². The third-order valence-electron chi connectivity index (χ3n) is 2.95. The normalized spacial score (nSPS) is 10.3. The predicted molar refractivity (Wildman–Crippen MR) is 80.8 cm³/mol. The standard InChI is InChI=1S/C15H20N4O2/c16-13-2-4-14(5-3-13)21-11-6-15(20)18-7-1-9-19-10-8-17-12-19/h2-5,8,10,12H,1,6-7,9,11,16H2,(H,18,20). The van der Waals surface area contributed by atoms with Crippen molar-refractivity contribution < 1.29 is 9.53 Å². The maximum atomic E-state index is 11.6. The van der Waals surface area contributed by atoms with Crippen molar-refractivity contribution in [1.82, 2.24) is 14.9 Å². The third-order valence-corrected chi connectivity index (χ3v) is 2.95. The zero-order valence-corrected chi connectivity index (χ0v) is 11.9. The number of amides is 1. The fourth-order valence-corrected chi connectivity index (χ4v) is 1.82. The molecule has 1 heterocycles. The molecule has 2 rings (SSSR count). The molecule has 0 fully saturated rings. The zero-order valence-electron chi connectivity index (χ0n) is 11.9. The van der Waals surface area contributed by atoms with Gasteiger partial charge >= 0.3 is 0 Å². The third kappa shape index (κ3) is 5.56. The Morgan fingerprint density at radius 2 is 2.14 bits per heavy atom. The van der Waals surface area contributed by atoms with Crippen molar-refractivity contribution in [1.29, 1.82) is 0 Å². The number of rotatable bonds is 8. The number of aromatic nitrogens is 2. The first-order valence-corrected chi connectivity index (χ1v) is 6.95. The Hall–Kier alpha value is -2.50. The van der Waals surface area contributed by atoms with E-state index in [0.717, 1.165) is 18.7 Å². The second kappa shape index (κ2) is 7.94. The van der Waals surface area contributed by atoms with Crippen LogP contribution in [0.15, 0.2) is 43.0 Å². The van der Waals surface area contributed by atoms with E-state index in [9.17, 15) is 4.79 Å². The van der Waals surface area contributed by atoms with Crippen LogP contribution in [0, 0.1) is 0 Å². The average Bonchev–Trinajstić information content (AvgIpc) is 2.99. The molecule has 0 atom stereocenters. The lowest BCUT2D eigenvalue weighted by molar-refractivity contribution is -0.121. The number of ether oxygens (including phenoxy) is 1. The molecule has 0 spiro atoms. The van der Waals surface area contributed by atoms with Gasteiger partial charge in [0.15, 0.2) is 0 Å². The predicted octanol–water partition coefficient (Wildman–Crippen LogP) is 1.44. The van der Waals surface area contributed by atoms with Crippen molar-refractivity contribution in [2.24, 2.45) is 0 Å². The summed E-state index contributed by atoms with van der Waals surface area (Å²) in [4.78, 5) is 15.6. The Labute approximate surface area is 123 Å². The lowest BCUT2D eigenvalue weighted by Crippen LogP contribution is -2.26. The summed E-state index contributed by atoms with van der Waals surface area (Å²) in [6.07, 6.45) is 6.63. The van der Waals surface area contributed by atoms with Gasteiger partial charge in [0.1, 0.15) is 5.75 Å². The molecule has 0 saturated heterocycles. The van der Waals surface area contributed by atoms with Crippen molar-refractivity contribution >= 4 is 11.6 Å². The number of benzene rings is 1. The molecule has 0 unspecified atom stereocenters. The summed E-state index contributed by atoms with van der Waals surface area (Å²) >= 11 is 0. The highest BCUT2D eigenvalue weighted by Crippen LogP contribution is 2.12. The molecule has 3 N–H and O–H groups in total. The second-order valence-electron chi connectivity index (χ2n) is 4.67. The first kappa shape index (κ1) is 14.9. The van der Waals surface area contributed by atoms with E-state index in [1.54, 1.807) is 36.8 Å². The molecule has 0 bridgehead atoms. The summed E-state index contributed by atoms with van der Waals surface area (Å²) in [7, 11) is 0. The minimum Gasteiger partial charge on any atom is -0.493 e. The molecule has 1 aromatic heterocycles. The zero-order chi connectivity index (χ0) is 14.9. The number of carbonyl (C=O) groups is 1. The monoisotopic (exact) mass is 288 g/mol. The van der Waals surface area contributed by atoms with Gasteiger partial charge in [-0.25, -0.2) is 4.98 Å². The number of hydrogen-bond donors (Lipinski definition) is 2. The quantitative estimate of drug-likeness (QED) is 0.569. The van der Waals surface area contributed by atoms with Gasteiger partial charge in [-0.2, -0.15) is 0 Å². The maximum absolute atomic E-state index is 11.6. The smallest absolute Gasteiger partial charge is 0.223 e. The van der Waals surface area contributed by atoms with E-state index in [4.69, 9.17) is 10.5 Å². The first-order chi connectivity index (χ1) is 10.2. The van der Waals surface area contributed by atoms with Crippen LogP contribution < -0.4 is 15.8 Å². The van der Waals surface area contributed by atoms with Crippen LogP contribution in [0.3, 0.4) is 0 Å². The summed E-state index contributed by atoms with van der Waals surface area (Å²) in [5, 5.41) is 2.87. The van der Waals surface area contributed by atoms with Crippen LogP contribution in [-0.4, -0.2) is 28.6 Å². The van der Waals surface area contributed by atoms with Crippen molar-refractivity contribution in [3.05, 3.63) is 43.0 Å². The Morgan fingerprint density at radius 3 is 2.86 bits per heavy atom. The number of nitrogens with zero attached hydrogens (tertiary/aromatic N) is 2. The van der Waals surface area contributed by atoms with Crippen LogP contribution in [0.1, 0.15) is 12.8 Å². The van der Waals surface area contributed by atoms with E-state index in [1.165, 1.54) is 0 Å². The van der Waals surface area contributed by atoms with E-state index in [1.807, 2.05) is 10.8 Å². The second-order valence-corrected chi connectivity index (χ2v) is 4.67. The van der Waals surface area contributed by atoms with Crippen molar-refractivity contribution in [3.8, 4) is 5.75 Å². The number of nitrogens with one attached hydrogen (secondary N) is 1. The molecule has 6 heteroatoms. The van der Waals surface area contributed by atoms with Gasteiger partial charge in [0, 0.05) is 31.2 Å². The molecule has 112 valence electrons. The van der Waals surface area contributed by atoms with Crippen LogP contribution in [0.25, 0.3) is 0 Å². The van der Waals surface area contributed by atoms with Crippen molar-refractivity contribution in [2.45, 2.75) is 19.4 Å². The largest absolute Gasteiger partial charge is 0.493 e. The number of hydrogen-bond acceptors (Lipinski definition) is 4. The molecule has 2 aromatic rings. The molecule has 0 aliphatic heterocycles. The van der Waals surface area contributed by atoms with Crippen LogP contribution in [-0.2, 0) is 11.3 Å². The summed E-state index contributed by atoms with van der Waals surface area (Å²) in [5.74, 6) is 0.716. The number of nitrogens with two attached hydrogens (primary N) is 1. The maximum Gasteiger partial charge on any atom is 0.223 e. The molecular weight excluding hydrogens is 268 g/mol. The number of carbonyl (C=O) groups excluding carboxylic acids is 1. The van der Waals surface area contributed by atoms with Gasteiger partial charge in [0.2, 0.25) is 5.91 Å². The SMILES string of the molecule is Nc1ccc(OCCC(=O)NCCCn2ccnc2)cc1. The lowest BCUT2D eigenvalue weighted by atomic mass is 10.3. The highest BCUT2D eigenvalue weighted by molar-refractivity contribution is 5.75. The van der Waals surface area contributed by atoms with E-state index in [2.05, 4.69) is 10.3 Å². The van der Waals surface area contributed by atoms with E-state index in [0.29, 0.717) is 25.3 Å². The Bertz CT molecular complexity index is 537. The molecular formula is C15H20N4O2. The highest BCUT2D eigenvalue weighted by Gasteiger charge is 2.01. The fraction of sp³-hybridized carbons (Fsp3) is 0.333. The summed E-state index contributed by atoms with van der Waals surface area (Å²) < 4.78 is 7.45. The van der Waals surface area contributed by atoms with E-state index in [-0.39, 0.29) is 5.91 Å². The van der Waals surface area contributed by atoms with E-state index < -0.39 is 0 Å². The van der Waals surface area contributed by atoms with Gasteiger partial charge in [-0.3, -0.25) is 4.79 Å². The van der Waals surface area contributed by atoms with Crippen LogP contribution in [0.2, 0.25) is 0 Å². The van der Waals surface area contributed by atoms with Crippen LogP contribution in [0.4, 0.5) is 5.69 Å². The highest BCUT2D eigenvalue weighted by atomic mass is 16.5. The lowest BCUT2D eigenvalue weighted by Gasteiger charge is -2.07. The number of imidazole rings is 1. The molecule has 0 aliphatic rings. The topological polar surface area (TPSA) is 82.2 Å². The van der Waals surface area contributed by atoms with Gasteiger partial charge in [0.25, 0.3) is 0 Å². The first-order valence-electron chi connectivity index (χ1n) is 6.95. The Kier molecular flexibility index (Phi) is 5.63. The summed E-state index contributed by atoms with van der Waals surface area (Å²) in [6.45, 7) is 1.86. The van der Waals surface area contributed by atoms with Crippen LogP contribution >= 0.6 is 0 Å². The molecule has 6 nitrogen and oxygen atoms in total. The van der Waals surface area contributed by atoms with Crippen LogP contribution in [0.5, 0.6) is 5.75 Å². The molecule has 1 amide bonds. The minimum absolute atomic E-state index is 0.00363. The molecule has 0 saturated carbocycles. The number of aryl methyl sites for hydroxylation is 1. The Morgan fingerprint density at radius 1 is 1.33 bits per heavy atom. The fourth-order valence-electron chi connectivity index (χ4n) is 1.82. The van der Waals surface area contributed by atoms with Crippen molar-refractivity contribution in [3.63, 3.8) is 0 Å². The summed E-state index contributed by atoms with van der Waals surface area (Å²) in [6, 6.07) is 7.12. The van der Waals surface area contributed by atoms with Gasteiger partial charge in [-0.05, 0) is 30.7 Å². The average molecular weight is 288 g/mol. The number of nitrogen functional groups attached to an aromatic ring is 1. The van der Waals surface area contributed by atoms with Gasteiger partial charge in [-0.1, -0.05) is 0 Å². The minimum atomic E-state index is -0.00363. The van der Waals surface area contributed by atoms with Gasteiger partial charge in [-0.15, -0.1) is 0 Å². The van der Waals surface area contributed by atoms with Gasteiger partial charge < -0.3 is 20.4 Å². The van der Waals surface area contributed by atoms with E-state index >= 15 is 0 Å². The molecule has 0 aliphatic carbocycles. The van der Waals surface area contributed by atoms with Crippen molar-refractivity contribution in [2.75, 3.05) is 18.9 Å². The molecule has 0 radical (unpaired) electrons. The number of anilines is 1.